The summed E-state index contributed by atoms with van der Waals surface area (Å²) < 4.78 is 0. The van der Waals surface area contributed by atoms with Gasteiger partial charge in [-0.2, -0.15) is 0 Å². The molecule has 2 N–H and O–H groups in total. The van der Waals surface area contributed by atoms with Crippen LogP contribution in [0.5, 0.6) is 0 Å². The molecule has 8 nitrogen and oxygen atoms in total. The van der Waals surface area contributed by atoms with Gasteiger partial charge in [-0.05, 0) is 18.2 Å². The maximum atomic E-state index is 12.1. The lowest BCUT2D eigenvalue weighted by Gasteiger charge is -2.08. The Morgan fingerprint density at radius 2 is 2.19 bits per heavy atom. The number of benzene rings is 1. The Balaban J connectivity index is 2.21. The van der Waals surface area contributed by atoms with Crippen LogP contribution in [0.25, 0.3) is 0 Å². The van der Waals surface area contributed by atoms with Crippen molar-refractivity contribution in [3.05, 3.63) is 58.2 Å². The van der Waals surface area contributed by atoms with E-state index in [9.17, 15) is 14.9 Å². The van der Waals surface area contributed by atoms with Crippen molar-refractivity contribution < 1.29 is 9.72 Å². The number of amides is 1. The number of carbonyl (C=O) groups excluding carboxylic acids is 1. The van der Waals surface area contributed by atoms with Crippen molar-refractivity contribution in [1.82, 2.24) is 15.3 Å². The fraction of sp³-hybridized carbons (Fsp3) is 0.154. The molecule has 1 amide bonds. The van der Waals surface area contributed by atoms with Crippen LogP contribution in [-0.4, -0.2) is 27.8 Å². The third-order valence-electron chi connectivity index (χ3n) is 2.81. The van der Waals surface area contributed by atoms with Crippen molar-refractivity contribution in [1.29, 1.82) is 0 Å². The smallest absolute Gasteiger partial charge is 0.305 e. The SMILES string of the molecule is CNc1cccc(C(=O)NCc2ccncn2)c1[N+](=O)[O-]. The van der Waals surface area contributed by atoms with Crippen molar-refractivity contribution in [2.75, 3.05) is 12.4 Å². The molecule has 0 bridgehead atoms. The van der Waals surface area contributed by atoms with Crippen LogP contribution in [0.2, 0.25) is 0 Å². The number of carbonyl (C=O) groups is 1. The van der Waals surface area contributed by atoms with Gasteiger partial charge in [0.05, 0.1) is 17.2 Å². The van der Waals surface area contributed by atoms with Crippen LogP contribution in [0, 0.1) is 10.1 Å². The second kappa shape index (κ2) is 6.42. The maximum Gasteiger partial charge on any atom is 0.305 e. The minimum absolute atomic E-state index is 0.000839. The highest BCUT2D eigenvalue weighted by atomic mass is 16.6. The lowest BCUT2D eigenvalue weighted by atomic mass is 10.1. The van der Waals surface area contributed by atoms with Gasteiger partial charge in [0.2, 0.25) is 0 Å². The second-order valence-electron chi connectivity index (χ2n) is 4.09. The van der Waals surface area contributed by atoms with Crippen LogP contribution in [0.1, 0.15) is 16.1 Å². The molecule has 0 saturated heterocycles. The normalized spacial score (nSPS) is 9.95. The molecule has 1 aromatic heterocycles. The number of nitrogens with one attached hydrogen (secondary N) is 2. The Morgan fingerprint density at radius 1 is 1.38 bits per heavy atom. The van der Waals surface area contributed by atoms with Crippen LogP contribution < -0.4 is 10.6 Å². The fourth-order valence-electron chi connectivity index (χ4n) is 1.81. The van der Waals surface area contributed by atoms with Gasteiger partial charge >= 0.3 is 5.69 Å². The van der Waals surface area contributed by atoms with E-state index in [1.54, 1.807) is 31.4 Å². The molecule has 2 aromatic rings. The van der Waals surface area contributed by atoms with E-state index >= 15 is 0 Å². The largest absolute Gasteiger partial charge is 0.383 e. The Bertz CT molecular complexity index is 660. The molecular formula is C13H13N5O3. The molecule has 0 fully saturated rings. The van der Waals surface area contributed by atoms with E-state index in [4.69, 9.17) is 0 Å². The first kappa shape index (κ1) is 14.4. The van der Waals surface area contributed by atoms with Gasteiger partial charge < -0.3 is 10.6 Å². The number of anilines is 1. The monoisotopic (exact) mass is 287 g/mol. The molecule has 1 heterocycles. The third-order valence-corrected chi connectivity index (χ3v) is 2.81. The summed E-state index contributed by atoms with van der Waals surface area (Å²) in [6.07, 6.45) is 2.92. The molecule has 0 radical (unpaired) electrons. The summed E-state index contributed by atoms with van der Waals surface area (Å²) in [5, 5.41) is 16.4. The zero-order valence-electron chi connectivity index (χ0n) is 11.2. The molecule has 0 aliphatic carbocycles. The number of nitrogens with zero attached hydrogens (tertiary/aromatic N) is 3. The van der Waals surface area contributed by atoms with Gasteiger partial charge in [-0.1, -0.05) is 6.07 Å². The van der Waals surface area contributed by atoms with Crippen molar-refractivity contribution in [2.45, 2.75) is 6.54 Å². The zero-order chi connectivity index (χ0) is 15.2. The highest BCUT2D eigenvalue weighted by molar-refractivity contribution is 6.00. The minimum atomic E-state index is -0.578. The van der Waals surface area contributed by atoms with Crippen LogP contribution >= 0.6 is 0 Å². The van der Waals surface area contributed by atoms with Gasteiger partial charge in [0.1, 0.15) is 17.6 Å². The first-order chi connectivity index (χ1) is 10.1. The number of hydrogen-bond acceptors (Lipinski definition) is 6. The summed E-state index contributed by atoms with van der Waals surface area (Å²) in [5.74, 6) is -0.530. The van der Waals surface area contributed by atoms with Crippen molar-refractivity contribution in [3.8, 4) is 0 Å². The van der Waals surface area contributed by atoms with Gasteiger partial charge in [0, 0.05) is 13.2 Å². The first-order valence-electron chi connectivity index (χ1n) is 6.11. The molecule has 0 atom stereocenters. The maximum absolute atomic E-state index is 12.1. The summed E-state index contributed by atoms with van der Waals surface area (Å²) in [4.78, 5) is 30.4. The van der Waals surface area contributed by atoms with Gasteiger partial charge in [-0.25, -0.2) is 9.97 Å². The standard InChI is InChI=1S/C13H13N5O3/c1-14-11-4-2-3-10(12(11)18(20)21)13(19)16-7-9-5-6-15-8-17-9/h2-6,8,14H,7H2,1H3,(H,16,19). The molecule has 8 heteroatoms. The molecule has 108 valence electrons. The lowest BCUT2D eigenvalue weighted by molar-refractivity contribution is -0.384. The highest BCUT2D eigenvalue weighted by Gasteiger charge is 2.23. The predicted octanol–water partition coefficient (Wildman–Crippen LogP) is 1.36. The van der Waals surface area contributed by atoms with Crippen molar-refractivity contribution >= 4 is 17.3 Å². The summed E-state index contributed by atoms with van der Waals surface area (Å²) in [6.45, 7) is 0.169. The van der Waals surface area contributed by atoms with E-state index < -0.39 is 10.8 Å². The number of para-hydroxylation sites is 1. The molecule has 21 heavy (non-hydrogen) atoms. The van der Waals surface area contributed by atoms with Crippen LogP contribution in [-0.2, 0) is 6.54 Å². The summed E-state index contributed by atoms with van der Waals surface area (Å²) in [5.41, 5.74) is 0.654. The van der Waals surface area contributed by atoms with Crippen LogP contribution in [0.3, 0.4) is 0 Å². The molecule has 0 unspecified atom stereocenters. The van der Waals surface area contributed by atoms with Gasteiger partial charge in [0.15, 0.2) is 0 Å². The second-order valence-corrected chi connectivity index (χ2v) is 4.09. The average molecular weight is 287 g/mol. The summed E-state index contributed by atoms with van der Waals surface area (Å²) in [7, 11) is 1.56. The quantitative estimate of drug-likeness (QED) is 0.634. The molecule has 2 rings (SSSR count). The predicted molar refractivity (Wildman–Crippen MR) is 75.8 cm³/mol. The molecular weight excluding hydrogens is 274 g/mol. The van der Waals surface area contributed by atoms with E-state index in [0.29, 0.717) is 5.69 Å². The summed E-state index contributed by atoms with van der Waals surface area (Å²) >= 11 is 0. The highest BCUT2D eigenvalue weighted by Crippen LogP contribution is 2.28. The Hall–Kier alpha value is -3.03. The number of aromatic nitrogens is 2. The van der Waals surface area contributed by atoms with Crippen molar-refractivity contribution in [3.63, 3.8) is 0 Å². The zero-order valence-corrected chi connectivity index (χ0v) is 11.2. The van der Waals surface area contributed by atoms with Gasteiger partial charge in [0.25, 0.3) is 5.91 Å². The molecule has 1 aromatic carbocycles. The van der Waals surface area contributed by atoms with Gasteiger partial charge in [-0.3, -0.25) is 14.9 Å². The minimum Gasteiger partial charge on any atom is -0.383 e. The van der Waals surface area contributed by atoms with Crippen LogP contribution in [0.4, 0.5) is 11.4 Å². The molecule has 0 aliphatic rings. The third kappa shape index (κ3) is 3.30. The van der Waals surface area contributed by atoms with Gasteiger partial charge in [-0.15, -0.1) is 0 Å². The first-order valence-corrected chi connectivity index (χ1v) is 6.11. The van der Waals surface area contributed by atoms with E-state index in [1.165, 1.54) is 12.4 Å². The Labute approximate surface area is 120 Å². The van der Waals surface area contributed by atoms with E-state index in [0.717, 1.165) is 0 Å². The molecule has 0 saturated carbocycles. The molecule has 0 spiro atoms. The van der Waals surface area contributed by atoms with Crippen molar-refractivity contribution in [2.24, 2.45) is 0 Å². The Morgan fingerprint density at radius 3 is 2.81 bits per heavy atom. The fourth-order valence-corrected chi connectivity index (χ4v) is 1.81. The lowest BCUT2D eigenvalue weighted by Crippen LogP contribution is -2.24. The Kier molecular flexibility index (Phi) is 4.39. The van der Waals surface area contributed by atoms with Crippen LogP contribution in [0.15, 0.2) is 36.8 Å². The number of hydrogen-bond donors (Lipinski definition) is 2. The van der Waals surface area contributed by atoms with E-state index in [2.05, 4.69) is 20.6 Å². The number of nitro benzene ring substituents is 1. The summed E-state index contributed by atoms with van der Waals surface area (Å²) in [6, 6.07) is 6.19. The van der Waals surface area contributed by atoms with E-state index in [-0.39, 0.29) is 23.5 Å². The number of rotatable bonds is 5. The average Bonchev–Trinajstić information content (AvgIpc) is 2.52. The van der Waals surface area contributed by atoms with E-state index in [1.807, 2.05) is 0 Å². The topological polar surface area (TPSA) is 110 Å². The number of nitro groups is 1. The molecule has 0 aliphatic heterocycles.